The number of allylic oxidation sites excluding steroid dienone is 2. The van der Waals surface area contributed by atoms with E-state index in [-0.39, 0.29) is 30.6 Å². The van der Waals surface area contributed by atoms with Crippen molar-refractivity contribution in [3.05, 3.63) is 112 Å². The van der Waals surface area contributed by atoms with Gasteiger partial charge in [-0.05, 0) is 79.3 Å². The van der Waals surface area contributed by atoms with E-state index in [1.54, 1.807) is 43.6 Å². The number of aromatic nitrogens is 5. The third kappa shape index (κ3) is 10.9. The molecule has 0 radical (unpaired) electrons. The molecule has 0 saturated heterocycles. The summed E-state index contributed by atoms with van der Waals surface area (Å²) in [4.78, 5) is 30.5. The molecule has 1 fully saturated rings. The van der Waals surface area contributed by atoms with Crippen LogP contribution in [0.25, 0.3) is 6.08 Å². The van der Waals surface area contributed by atoms with Crippen molar-refractivity contribution in [3.63, 3.8) is 0 Å². The number of carbonyl (C=O) groups is 2. The normalized spacial score (nSPS) is 15.9. The Labute approximate surface area is 355 Å². The topological polar surface area (TPSA) is 149 Å². The van der Waals surface area contributed by atoms with Crippen molar-refractivity contribution in [2.24, 2.45) is 7.05 Å². The SMILES string of the molecule is CC1=CC(C)=[N+]2C1=Cc1ccc(CCC(=O)NCCOCCOCCOCCNCc3ccc(C(=O)Nc4cccc([C@H](C)Cc5nncn5C)c4)nc3C3CC3)n1[B-]2(F)F. The summed E-state index contributed by atoms with van der Waals surface area (Å²) in [6.45, 7) is 5.70. The van der Waals surface area contributed by atoms with Crippen LogP contribution in [-0.2, 0) is 45.4 Å². The molecule has 0 bridgehead atoms. The molecule has 7 rings (SSSR count). The minimum Gasteiger partial charge on any atom is -0.394 e. The Morgan fingerprint density at radius 3 is 2.46 bits per heavy atom. The Hall–Kier alpha value is -5.36. The van der Waals surface area contributed by atoms with E-state index >= 15 is 8.63 Å². The largest absolute Gasteiger partial charge is 0.737 e. The summed E-state index contributed by atoms with van der Waals surface area (Å²) < 4.78 is 52.2. The molecule has 324 valence electrons. The lowest BCUT2D eigenvalue weighted by atomic mass is 9.89. The van der Waals surface area contributed by atoms with Gasteiger partial charge in [0.25, 0.3) is 5.91 Å². The fourth-order valence-corrected chi connectivity index (χ4v) is 7.89. The van der Waals surface area contributed by atoms with Gasteiger partial charge in [0.1, 0.15) is 23.6 Å². The molecule has 1 aliphatic carbocycles. The second kappa shape index (κ2) is 20.0. The van der Waals surface area contributed by atoms with E-state index in [9.17, 15) is 9.59 Å². The summed E-state index contributed by atoms with van der Waals surface area (Å²) >= 11 is 0. The van der Waals surface area contributed by atoms with Gasteiger partial charge in [0.2, 0.25) is 5.91 Å². The number of pyridine rings is 1. The number of rotatable bonds is 23. The molecule has 2 aliphatic heterocycles. The Morgan fingerprint density at radius 1 is 0.967 bits per heavy atom. The molecule has 3 aliphatic rings. The summed E-state index contributed by atoms with van der Waals surface area (Å²) in [5.41, 5.74) is 7.05. The molecular weight excluding hydrogens is 783 g/mol. The van der Waals surface area contributed by atoms with Crippen molar-refractivity contribution in [3.8, 4) is 0 Å². The lowest BCUT2D eigenvalue weighted by molar-refractivity contribution is -0.362. The Bertz CT molecular complexity index is 2300. The molecule has 1 atom stereocenters. The number of aryl methyl sites for hydroxylation is 2. The van der Waals surface area contributed by atoms with E-state index in [4.69, 9.17) is 19.2 Å². The number of carbonyl (C=O) groups excluding carboxylic acids is 2. The Morgan fingerprint density at radius 2 is 1.72 bits per heavy atom. The molecule has 17 heteroatoms. The fourth-order valence-electron chi connectivity index (χ4n) is 7.89. The number of benzene rings is 1. The van der Waals surface area contributed by atoms with Crippen LogP contribution in [0.5, 0.6) is 0 Å². The van der Waals surface area contributed by atoms with Gasteiger partial charge >= 0.3 is 6.97 Å². The number of fused-ring (bicyclic) bond motifs is 2. The predicted octanol–water partition coefficient (Wildman–Crippen LogP) is 5.39. The minimum absolute atomic E-state index is 0.0981. The molecule has 2 amide bonds. The molecule has 4 aromatic rings. The van der Waals surface area contributed by atoms with E-state index in [0.717, 1.165) is 62.1 Å². The number of hydrogen-bond acceptors (Lipinski definition) is 9. The van der Waals surface area contributed by atoms with Gasteiger partial charge < -0.3 is 52.3 Å². The highest BCUT2D eigenvalue weighted by Gasteiger charge is 2.52. The Kier molecular flexibility index (Phi) is 14.3. The summed E-state index contributed by atoms with van der Waals surface area (Å²) in [6.07, 6.45) is 8.44. The third-order valence-corrected chi connectivity index (χ3v) is 11.3. The molecule has 0 unspecified atom stereocenters. The summed E-state index contributed by atoms with van der Waals surface area (Å²) in [7, 11) is 1.93. The van der Waals surface area contributed by atoms with Gasteiger partial charge in [0.05, 0.1) is 39.6 Å². The van der Waals surface area contributed by atoms with Crippen LogP contribution >= 0.6 is 0 Å². The van der Waals surface area contributed by atoms with Gasteiger partial charge in [-0.3, -0.25) is 9.59 Å². The Balaban J connectivity index is 0.720. The number of halogens is 2. The zero-order valence-electron chi connectivity index (χ0n) is 35.5. The van der Waals surface area contributed by atoms with Gasteiger partial charge in [-0.2, -0.15) is 0 Å². The van der Waals surface area contributed by atoms with Crippen molar-refractivity contribution < 1.29 is 36.9 Å². The van der Waals surface area contributed by atoms with E-state index in [1.165, 1.54) is 0 Å². The zero-order valence-corrected chi connectivity index (χ0v) is 35.5. The van der Waals surface area contributed by atoms with E-state index in [0.29, 0.717) is 93.7 Å². The highest BCUT2D eigenvalue weighted by Crippen LogP contribution is 2.41. The van der Waals surface area contributed by atoms with Crippen LogP contribution in [0.2, 0.25) is 0 Å². The first kappa shape index (κ1) is 43.7. The molecule has 0 spiro atoms. The van der Waals surface area contributed by atoms with Gasteiger partial charge in [0.15, 0.2) is 5.70 Å². The van der Waals surface area contributed by atoms with Crippen molar-refractivity contribution in [1.29, 1.82) is 0 Å². The highest BCUT2D eigenvalue weighted by molar-refractivity contribution is 6.58. The molecule has 1 aromatic carbocycles. The van der Waals surface area contributed by atoms with Crippen LogP contribution in [0.15, 0.2) is 72.2 Å². The monoisotopic (exact) mass is 839 g/mol. The summed E-state index contributed by atoms with van der Waals surface area (Å²) in [5.74, 6) is 1.04. The van der Waals surface area contributed by atoms with Crippen LogP contribution in [0.1, 0.15) is 96.4 Å². The van der Waals surface area contributed by atoms with Crippen LogP contribution in [0.4, 0.5) is 14.3 Å². The van der Waals surface area contributed by atoms with Gasteiger partial charge in [-0.25, -0.2) is 4.98 Å². The quantitative estimate of drug-likeness (QED) is 0.0661. The van der Waals surface area contributed by atoms with Gasteiger partial charge in [-0.1, -0.05) is 25.1 Å². The van der Waals surface area contributed by atoms with E-state index in [1.807, 2.05) is 42.8 Å². The number of hydrogen-bond donors (Lipinski definition) is 3. The smallest absolute Gasteiger partial charge is 0.394 e. The molecule has 3 N–H and O–H groups in total. The molecule has 14 nitrogen and oxygen atoms in total. The minimum atomic E-state index is -4.04. The average molecular weight is 840 g/mol. The van der Waals surface area contributed by atoms with Crippen LogP contribution in [0, 0.1) is 0 Å². The summed E-state index contributed by atoms with van der Waals surface area (Å²) in [5, 5.41) is 17.4. The predicted molar refractivity (Wildman–Crippen MR) is 230 cm³/mol. The van der Waals surface area contributed by atoms with Crippen molar-refractivity contribution >= 4 is 36.3 Å². The molecule has 3 aromatic heterocycles. The number of ether oxygens (including phenoxy) is 3. The molecule has 5 heterocycles. The summed E-state index contributed by atoms with van der Waals surface area (Å²) in [6, 6.07) is 15.1. The van der Waals surface area contributed by atoms with Crippen LogP contribution in [0.3, 0.4) is 0 Å². The standard InChI is InChI=1S/C44H56BF2N9O5/c1-30(25-41-53-50-29-54(41)4)34-6-5-7-36(26-34)51-44(58)39-14-10-35(43(52-39)33-8-9-33)28-48-16-18-59-20-22-61-23-21-60-19-17-49-42(57)15-13-37-11-12-38-27-40-31(2)24-32(3)55(40)45(46,47)56(37)38/h5-7,10-12,14,24,26-27,29-30,33,48H,8-9,13,15-23,25,28H2,1-4H3,(H,49,57)(H,51,58)/t30-/m1/s1. The first-order valence-electron chi connectivity index (χ1n) is 21.2. The van der Waals surface area contributed by atoms with Crippen molar-refractivity contribution in [2.45, 2.75) is 71.3 Å². The van der Waals surface area contributed by atoms with E-state index in [2.05, 4.69) is 39.1 Å². The first-order valence-corrected chi connectivity index (χ1v) is 21.2. The van der Waals surface area contributed by atoms with Crippen molar-refractivity contribution in [1.82, 2.24) is 34.9 Å². The molecule has 1 saturated carbocycles. The maximum absolute atomic E-state index is 15.6. The highest BCUT2D eigenvalue weighted by atomic mass is 19.2. The average Bonchev–Trinajstić information content (AvgIpc) is 3.77. The first-order chi connectivity index (χ1) is 29.5. The van der Waals surface area contributed by atoms with Crippen LogP contribution in [-0.4, -0.2) is 106 Å². The number of nitrogens with one attached hydrogen (secondary N) is 3. The van der Waals surface area contributed by atoms with Crippen LogP contribution < -0.4 is 16.0 Å². The van der Waals surface area contributed by atoms with Gasteiger partial charge in [0, 0.05) is 87.2 Å². The maximum atomic E-state index is 15.6. The lowest BCUT2D eigenvalue weighted by Gasteiger charge is -2.31. The third-order valence-electron chi connectivity index (χ3n) is 11.3. The molecule has 61 heavy (non-hydrogen) atoms. The number of nitrogens with zero attached hydrogens (tertiary/aromatic N) is 6. The second-order valence-corrected chi connectivity index (χ2v) is 16.0. The molecular formula is C44H56BF2N9O5. The fraction of sp³-hybridized carbons (Fsp3) is 0.455. The number of amides is 2. The zero-order chi connectivity index (χ0) is 42.9. The second-order valence-electron chi connectivity index (χ2n) is 16.0. The van der Waals surface area contributed by atoms with Crippen molar-refractivity contribution in [2.75, 3.05) is 58.0 Å². The van der Waals surface area contributed by atoms with E-state index < -0.39 is 6.97 Å². The lowest BCUT2D eigenvalue weighted by Crippen LogP contribution is -2.50. The maximum Gasteiger partial charge on any atom is 0.737 e. The van der Waals surface area contributed by atoms with Gasteiger partial charge in [-0.15, -0.1) is 10.2 Å². The number of anilines is 1.